The number of benzene rings is 2. The second kappa shape index (κ2) is 7.24. The third-order valence-electron chi connectivity index (χ3n) is 5.30. The van der Waals surface area contributed by atoms with Gasteiger partial charge in [0.05, 0.1) is 15.7 Å². The van der Waals surface area contributed by atoms with Crippen LogP contribution in [-0.4, -0.2) is 27.3 Å². The summed E-state index contributed by atoms with van der Waals surface area (Å²) in [6.07, 6.45) is 5.81. The van der Waals surface area contributed by atoms with Crippen molar-refractivity contribution in [2.24, 2.45) is 0 Å². The molecule has 1 N–H and O–H groups in total. The van der Waals surface area contributed by atoms with Gasteiger partial charge in [-0.15, -0.1) is 0 Å². The van der Waals surface area contributed by atoms with Crippen LogP contribution in [0.25, 0.3) is 22.2 Å². The molecule has 5 heteroatoms. The summed E-state index contributed by atoms with van der Waals surface area (Å²) in [4.78, 5) is 11.6. The van der Waals surface area contributed by atoms with Crippen LogP contribution in [0.15, 0.2) is 82.8 Å². The molecule has 1 fully saturated rings. The molecule has 5 rings (SSSR count). The van der Waals surface area contributed by atoms with Crippen LogP contribution in [0.5, 0.6) is 0 Å². The van der Waals surface area contributed by atoms with Crippen molar-refractivity contribution in [1.82, 2.24) is 9.97 Å². The van der Waals surface area contributed by atoms with Crippen LogP contribution in [0, 0.1) is 0 Å². The van der Waals surface area contributed by atoms with Gasteiger partial charge in [-0.3, -0.25) is 4.98 Å². The molecule has 1 saturated heterocycles. The van der Waals surface area contributed by atoms with Crippen LogP contribution >= 0.6 is 0 Å². The van der Waals surface area contributed by atoms with Crippen molar-refractivity contribution >= 4 is 27.4 Å². The number of para-hydroxylation sites is 1. The number of H-pyrrole nitrogens is 1. The fraction of sp³-hybridized carbons (Fsp3) is 0.174. The molecule has 0 aliphatic carbocycles. The van der Waals surface area contributed by atoms with Gasteiger partial charge in [0.2, 0.25) is 0 Å². The lowest BCUT2D eigenvalue weighted by Gasteiger charge is -2.21. The smallest absolute Gasteiger partial charge is 0.0865 e. The summed E-state index contributed by atoms with van der Waals surface area (Å²) in [5.74, 6) is 0. The number of aromatic amines is 1. The number of nitrogens with zero attached hydrogens (tertiary/aromatic N) is 2. The zero-order valence-corrected chi connectivity index (χ0v) is 16.3. The number of hydrogen-bond donors (Lipinski definition) is 1. The molecule has 0 amide bonds. The molecular formula is C23H21N3OS. The van der Waals surface area contributed by atoms with Crippen molar-refractivity contribution in [2.75, 3.05) is 18.0 Å². The van der Waals surface area contributed by atoms with Crippen molar-refractivity contribution in [3.63, 3.8) is 0 Å². The van der Waals surface area contributed by atoms with E-state index in [9.17, 15) is 4.21 Å². The van der Waals surface area contributed by atoms with Crippen molar-refractivity contribution < 1.29 is 4.21 Å². The minimum Gasteiger partial charge on any atom is -0.371 e. The Morgan fingerprint density at radius 3 is 2.57 bits per heavy atom. The van der Waals surface area contributed by atoms with Crippen LogP contribution in [0.4, 0.5) is 5.69 Å². The minimum absolute atomic E-state index is 0.721. The highest BCUT2D eigenvalue weighted by Gasteiger charge is 2.19. The molecule has 0 radical (unpaired) electrons. The van der Waals surface area contributed by atoms with E-state index >= 15 is 0 Å². The monoisotopic (exact) mass is 387 g/mol. The number of nitrogens with one attached hydrogen (secondary N) is 1. The highest BCUT2D eigenvalue weighted by molar-refractivity contribution is 7.85. The average molecular weight is 388 g/mol. The Morgan fingerprint density at radius 1 is 0.929 bits per heavy atom. The van der Waals surface area contributed by atoms with E-state index < -0.39 is 10.8 Å². The van der Waals surface area contributed by atoms with Gasteiger partial charge in [0.15, 0.2) is 0 Å². The molecule has 1 aliphatic heterocycles. The van der Waals surface area contributed by atoms with Crippen molar-refractivity contribution in [1.29, 1.82) is 0 Å². The summed E-state index contributed by atoms with van der Waals surface area (Å²) in [5.41, 5.74) is 4.49. The molecule has 0 saturated carbocycles. The number of pyridine rings is 1. The van der Waals surface area contributed by atoms with E-state index in [0.29, 0.717) is 0 Å². The van der Waals surface area contributed by atoms with Gasteiger partial charge < -0.3 is 9.88 Å². The maximum absolute atomic E-state index is 13.1. The number of fused-ring (bicyclic) bond motifs is 1. The summed E-state index contributed by atoms with van der Waals surface area (Å²) in [5, 5.41) is 1.18. The van der Waals surface area contributed by atoms with Crippen LogP contribution in [-0.2, 0) is 10.8 Å². The lowest BCUT2D eigenvalue weighted by atomic mass is 10.1. The SMILES string of the molecule is O=[S@@](c1cccnc1)c1ccc(N2CCCC2)c(-c2cc3ccccc3[nH]2)c1. The Hall–Kier alpha value is -2.92. The molecule has 0 bridgehead atoms. The molecule has 4 nitrogen and oxygen atoms in total. The van der Waals surface area contributed by atoms with Gasteiger partial charge in [0, 0.05) is 58.2 Å². The zero-order valence-electron chi connectivity index (χ0n) is 15.5. The predicted molar refractivity (Wildman–Crippen MR) is 114 cm³/mol. The normalized spacial score (nSPS) is 15.2. The Labute approximate surface area is 166 Å². The van der Waals surface area contributed by atoms with Gasteiger partial charge in [0.1, 0.15) is 0 Å². The van der Waals surface area contributed by atoms with Gasteiger partial charge >= 0.3 is 0 Å². The largest absolute Gasteiger partial charge is 0.371 e. The summed E-state index contributed by atoms with van der Waals surface area (Å²) in [6.45, 7) is 2.14. The Bertz CT molecular complexity index is 1110. The van der Waals surface area contributed by atoms with E-state index in [4.69, 9.17) is 0 Å². The lowest BCUT2D eigenvalue weighted by molar-refractivity contribution is 0.683. The fourth-order valence-corrected chi connectivity index (χ4v) is 4.94. The highest BCUT2D eigenvalue weighted by atomic mass is 32.2. The molecule has 140 valence electrons. The first-order valence-corrected chi connectivity index (χ1v) is 10.7. The molecule has 0 spiro atoms. The molecule has 2 aromatic carbocycles. The molecule has 28 heavy (non-hydrogen) atoms. The summed E-state index contributed by atoms with van der Waals surface area (Å²) in [7, 11) is -1.25. The topological polar surface area (TPSA) is 49.0 Å². The van der Waals surface area contributed by atoms with Gasteiger partial charge in [-0.1, -0.05) is 18.2 Å². The standard InChI is InChI=1S/C23H21N3OS/c27-28(19-7-5-11-24-16-19)18-9-10-23(26-12-3-4-13-26)20(15-18)22-14-17-6-1-2-8-21(17)25-22/h1-2,5-11,14-16,25H,3-4,12-13H2/t28-/m1/s1. The first-order valence-electron chi connectivity index (χ1n) is 9.58. The number of hydrogen-bond acceptors (Lipinski definition) is 3. The van der Waals surface area contributed by atoms with E-state index in [1.807, 2.05) is 24.3 Å². The maximum atomic E-state index is 13.1. The van der Waals surface area contributed by atoms with Crippen molar-refractivity contribution in [3.05, 3.63) is 73.1 Å². The molecule has 1 atom stereocenters. The van der Waals surface area contributed by atoms with Gasteiger partial charge in [0.25, 0.3) is 0 Å². The van der Waals surface area contributed by atoms with Gasteiger partial charge in [-0.2, -0.15) is 0 Å². The van der Waals surface area contributed by atoms with Gasteiger partial charge in [-0.25, -0.2) is 4.21 Å². The van der Waals surface area contributed by atoms with E-state index in [0.717, 1.165) is 39.7 Å². The average Bonchev–Trinajstić information content (AvgIpc) is 3.43. The van der Waals surface area contributed by atoms with Crippen molar-refractivity contribution in [2.45, 2.75) is 22.6 Å². The first-order chi connectivity index (χ1) is 13.8. The Kier molecular flexibility index (Phi) is 4.45. The second-order valence-corrected chi connectivity index (χ2v) is 8.58. The number of rotatable bonds is 4. The van der Waals surface area contributed by atoms with Gasteiger partial charge in [-0.05, 0) is 55.3 Å². The number of anilines is 1. The predicted octanol–water partition coefficient (Wildman–Crippen LogP) is 5.00. The summed E-state index contributed by atoms with van der Waals surface area (Å²) in [6, 6.07) is 20.3. The van der Waals surface area contributed by atoms with E-state index in [1.54, 1.807) is 12.4 Å². The minimum atomic E-state index is -1.25. The molecular weight excluding hydrogens is 366 g/mol. The van der Waals surface area contributed by atoms with Crippen LogP contribution in [0.1, 0.15) is 12.8 Å². The molecule has 2 aromatic heterocycles. The first kappa shape index (κ1) is 17.2. The highest BCUT2D eigenvalue weighted by Crippen LogP contribution is 2.36. The number of aromatic nitrogens is 2. The van der Waals surface area contributed by atoms with Crippen molar-refractivity contribution in [3.8, 4) is 11.3 Å². The molecule has 4 aromatic rings. The van der Waals surface area contributed by atoms with Crippen LogP contribution < -0.4 is 4.90 Å². The van der Waals surface area contributed by atoms with E-state index in [1.165, 1.54) is 23.9 Å². The quantitative estimate of drug-likeness (QED) is 0.536. The molecule has 0 unspecified atom stereocenters. The van der Waals surface area contributed by atoms with Crippen LogP contribution in [0.3, 0.4) is 0 Å². The second-order valence-electron chi connectivity index (χ2n) is 7.10. The van der Waals surface area contributed by atoms with E-state index in [-0.39, 0.29) is 0 Å². The third kappa shape index (κ3) is 3.12. The van der Waals surface area contributed by atoms with E-state index in [2.05, 4.69) is 51.3 Å². The molecule has 1 aliphatic rings. The maximum Gasteiger partial charge on any atom is 0.0865 e. The lowest BCUT2D eigenvalue weighted by Crippen LogP contribution is -2.18. The Morgan fingerprint density at radius 2 is 1.79 bits per heavy atom. The zero-order chi connectivity index (χ0) is 18.9. The third-order valence-corrected chi connectivity index (χ3v) is 6.65. The summed E-state index contributed by atoms with van der Waals surface area (Å²) >= 11 is 0. The Balaban J connectivity index is 1.64. The van der Waals surface area contributed by atoms with Crippen LogP contribution in [0.2, 0.25) is 0 Å². The summed E-state index contributed by atoms with van der Waals surface area (Å²) < 4.78 is 13.1. The fourth-order valence-electron chi connectivity index (χ4n) is 3.89. The molecule has 3 heterocycles.